The van der Waals surface area contributed by atoms with E-state index in [4.69, 9.17) is 9.47 Å². The third-order valence-electron chi connectivity index (χ3n) is 3.68. The minimum atomic E-state index is -0.493. The fraction of sp³-hybridized carbons (Fsp3) is 0.133. The molecule has 22 heavy (non-hydrogen) atoms. The van der Waals surface area contributed by atoms with Gasteiger partial charge in [-0.25, -0.2) is 9.78 Å². The first kappa shape index (κ1) is 12.6. The van der Waals surface area contributed by atoms with Crippen LogP contribution in [0.4, 0.5) is 0 Å². The Morgan fingerprint density at radius 1 is 1.18 bits per heavy atom. The molecule has 3 aromatic rings. The molecule has 0 unspecified atom stereocenters. The van der Waals surface area contributed by atoms with Crippen LogP contribution in [0.15, 0.2) is 40.1 Å². The van der Waals surface area contributed by atoms with Crippen molar-refractivity contribution in [2.24, 2.45) is 7.05 Å². The van der Waals surface area contributed by atoms with Gasteiger partial charge in [0.2, 0.25) is 6.79 Å². The summed E-state index contributed by atoms with van der Waals surface area (Å²) in [7, 11) is 1.57. The predicted molar refractivity (Wildman–Crippen MR) is 79.2 cm³/mol. The smallest absolute Gasteiger partial charge is 0.329 e. The lowest BCUT2D eigenvalue weighted by Gasteiger charge is -2.08. The van der Waals surface area contributed by atoms with Gasteiger partial charge < -0.3 is 9.47 Å². The molecule has 2 aromatic heterocycles. The summed E-state index contributed by atoms with van der Waals surface area (Å²) in [5.74, 6) is 1.30. The minimum absolute atomic E-state index is 0.185. The topological polar surface area (TPSA) is 86.2 Å². The average molecular weight is 297 g/mol. The minimum Gasteiger partial charge on any atom is -0.454 e. The number of benzene rings is 1. The summed E-state index contributed by atoms with van der Waals surface area (Å²) in [4.78, 5) is 30.3. The van der Waals surface area contributed by atoms with Gasteiger partial charge >= 0.3 is 5.69 Å². The molecule has 0 saturated heterocycles. The molecule has 0 aliphatic carbocycles. The quantitative estimate of drug-likeness (QED) is 0.724. The maximum absolute atomic E-state index is 12.2. The Hall–Kier alpha value is -3.09. The van der Waals surface area contributed by atoms with Crippen LogP contribution in [-0.2, 0) is 7.05 Å². The Bertz CT molecular complexity index is 1020. The van der Waals surface area contributed by atoms with Gasteiger partial charge in [0.05, 0.1) is 5.39 Å². The number of ether oxygens (including phenoxy) is 2. The van der Waals surface area contributed by atoms with E-state index in [-0.39, 0.29) is 6.79 Å². The second kappa shape index (κ2) is 4.45. The number of nitrogens with zero attached hydrogens (tertiary/aromatic N) is 2. The molecule has 0 saturated carbocycles. The van der Waals surface area contributed by atoms with E-state index in [2.05, 4.69) is 9.97 Å². The van der Waals surface area contributed by atoms with Crippen LogP contribution in [0.5, 0.6) is 11.5 Å². The van der Waals surface area contributed by atoms with E-state index in [0.29, 0.717) is 28.1 Å². The average Bonchev–Trinajstić information content (AvgIpc) is 2.99. The lowest BCUT2D eigenvalue weighted by Crippen LogP contribution is -2.29. The lowest BCUT2D eigenvalue weighted by molar-refractivity contribution is 0.174. The van der Waals surface area contributed by atoms with Crippen LogP contribution >= 0.6 is 0 Å². The molecule has 7 heteroatoms. The number of H-pyrrole nitrogens is 1. The highest BCUT2D eigenvalue weighted by Crippen LogP contribution is 2.36. The van der Waals surface area contributed by atoms with Crippen molar-refractivity contribution in [2.45, 2.75) is 0 Å². The van der Waals surface area contributed by atoms with Crippen LogP contribution in [0.25, 0.3) is 22.2 Å². The molecule has 3 heterocycles. The number of fused-ring (bicyclic) bond motifs is 2. The molecule has 1 aliphatic rings. The molecule has 0 fully saturated rings. The summed E-state index contributed by atoms with van der Waals surface area (Å²) in [6, 6.07) is 7.17. The van der Waals surface area contributed by atoms with Crippen molar-refractivity contribution >= 4 is 11.0 Å². The largest absolute Gasteiger partial charge is 0.454 e. The summed E-state index contributed by atoms with van der Waals surface area (Å²) in [6.07, 6.45) is 1.57. The number of rotatable bonds is 1. The van der Waals surface area contributed by atoms with Crippen molar-refractivity contribution in [1.82, 2.24) is 14.5 Å². The summed E-state index contributed by atoms with van der Waals surface area (Å²) in [5.41, 5.74) is 0.858. The maximum Gasteiger partial charge on any atom is 0.329 e. The molecular weight excluding hydrogens is 286 g/mol. The number of aromatic amines is 1. The van der Waals surface area contributed by atoms with Gasteiger partial charge in [0.15, 0.2) is 11.5 Å². The van der Waals surface area contributed by atoms with Crippen molar-refractivity contribution in [3.05, 3.63) is 51.3 Å². The van der Waals surface area contributed by atoms with Gasteiger partial charge in [-0.05, 0) is 29.3 Å². The maximum atomic E-state index is 12.2. The van der Waals surface area contributed by atoms with Crippen LogP contribution in [0.3, 0.4) is 0 Å². The molecule has 110 valence electrons. The number of hydrogen-bond donors (Lipinski definition) is 1. The van der Waals surface area contributed by atoms with Crippen LogP contribution in [0.2, 0.25) is 0 Å². The first-order valence-electron chi connectivity index (χ1n) is 6.63. The van der Waals surface area contributed by atoms with E-state index in [1.165, 1.54) is 4.57 Å². The summed E-state index contributed by atoms with van der Waals surface area (Å²) >= 11 is 0. The molecule has 0 radical (unpaired) electrons. The van der Waals surface area contributed by atoms with E-state index in [1.807, 2.05) is 12.1 Å². The SMILES string of the molecule is Cn1c(=O)[nH]c(=O)c2c(-c3ccc4c(c3)OCO4)ccnc21. The number of aryl methyl sites for hydroxylation is 1. The van der Waals surface area contributed by atoms with Crippen LogP contribution in [0, 0.1) is 0 Å². The van der Waals surface area contributed by atoms with Crippen molar-refractivity contribution in [3.8, 4) is 22.6 Å². The Kier molecular flexibility index (Phi) is 2.56. The van der Waals surface area contributed by atoms with E-state index >= 15 is 0 Å². The van der Waals surface area contributed by atoms with Crippen LogP contribution in [-0.4, -0.2) is 21.3 Å². The first-order chi connectivity index (χ1) is 10.6. The van der Waals surface area contributed by atoms with Gasteiger partial charge in [0.1, 0.15) is 5.65 Å². The molecule has 1 aliphatic heterocycles. The highest BCUT2D eigenvalue weighted by atomic mass is 16.7. The molecule has 7 nitrogen and oxygen atoms in total. The molecular formula is C15H11N3O4. The highest BCUT2D eigenvalue weighted by molar-refractivity contribution is 5.92. The van der Waals surface area contributed by atoms with E-state index in [0.717, 1.165) is 5.56 Å². The zero-order valence-electron chi connectivity index (χ0n) is 11.6. The normalized spacial score (nSPS) is 12.8. The van der Waals surface area contributed by atoms with Gasteiger partial charge in [-0.2, -0.15) is 0 Å². The fourth-order valence-electron chi connectivity index (χ4n) is 2.57. The monoisotopic (exact) mass is 297 g/mol. The molecule has 0 amide bonds. The van der Waals surface area contributed by atoms with E-state index in [9.17, 15) is 9.59 Å². The second-order valence-corrected chi connectivity index (χ2v) is 4.94. The zero-order valence-corrected chi connectivity index (χ0v) is 11.6. The number of pyridine rings is 1. The zero-order chi connectivity index (χ0) is 15.3. The summed E-state index contributed by atoms with van der Waals surface area (Å²) < 4.78 is 12.0. The van der Waals surface area contributed by atoms with Crippen molar-refractivity contribution in [1.29, 1.82) is 0 Å². The highest BCUT2D eigenvalue weighted by Gasteiger charge is 2.17. The third kappa shape index (κ3) is 1.72. The summed E-state index contributed by atoms with van der Waals surface area (Å²) in [5, 5.41) is 0.364. The Balaban J connectivity index is 2.06. The lowest BCUT2D eigenvalue weighted by atomic mass is 10.0. The van der Waals surface area contributed by atoms with Gasteiger partial charge in [-0.3, -0.25) is 14.3 Å². The van der Waals surface area contributed by atoms with Crippen molar-refractivity contribution < 1.29 is 9.47 Å². The second-order valence-electron chi connectivity index (χ2n) is 4.94. The van der Waals surface area contributed by atoms with Crippen molar-refractivity contribution in [3.63, 3.8) is 0 Å². The van der Waals surface area contributed by atoms with E-state index in [1.54, 1.807) is 25.4 Å². The number of hydrogen-bond acceptors (Lipinski definition) is 5. The molecule has 1 N–H and O–H groups in total. The molecule has 0 bridgehead atoms. The standard InChI is InChI=1S/C15H11N3O4/c1-18-13-12(14(19)17-15(18)20)9(4-5-16-13)8-2-3-10-11(6-8)22-7-21-10/h2-6H,7H2,1H3,(H,17,19,20). The third-order valence-corrected chi connectivity index (χ3v) is 3.68. The van der Waals surface area contributed by atoms with Gasteiger partial charge in [0, 0.05) is 13.2 Å². The Labute approximate surface area is 123 Å². The van der Waals surface area contributed by atoms with Gasteiger partial charge in [0.25, 0.3) is 5.56 Å². The molecule has 4 rings (SSSR count). The van der Waals surface area contributed by atoms with Crippen LogP contribution in [0.1, 0.15) is 0 Å². The van der Waals surface area contributed by atoms with Gasteiger partial charge in [-0.1, -0.05) is 6.07 Å². The summed E-state index contributed by atoms with van der Waals surface area (Å²) in [6.45, 7) is 0.185. The fourth-order valence-corrected chi connectivity index (χ4v) is 2.57. The Morgan fingerprint density at radius 3 is 2.86 bits per heavy atom. The number of nitrogens with one attached hydrogen (secondary N) is 1. The van der Waals surface area contributed by atoms with E-state index < -0.39 is 11.2 Å². The van der Waals surface area contributed by atoms with Crippen LogP contribution < -0.4 is 20.7 Å². The first-order valence-corrected chi connectivity index (χ1v) is 6.63. The molecule has 1 aromatic carbocycles. The van der Waals surface area contributed by atoms with Crippen molar-refractivity contribution in [2.75, 3.05) is 6.79 Å². The Morgan fingerprint density at radius 2 is 2.00 bits per heavy atom. The van der Waals surface area contributed by atoms with Gasteiger partial charge in [-0.15, -0.1) is 0 Å². The molecule has 0 atom stereocenters. The molecule has 0 spiro atoms. The predicted octanol–water partition coefficient (Wildman–Crippen LogP) is 1.02. The number of aromatic nitrogens is 3.